The molecule has 0 saturated carbocycles. The van der Waals surface area contributed by atoms with Crippen LogP contribution in [-0.2, 0) is 0 Å². The van der Waals surface area contributed by atoms with Gasteiger partial charge in [0.2, 0.25) is 5.89 Å². The summed E-state index contributed by atoms with van der Waals surface area (Å²) in [6, 6.07) is 12.1. The highest BCUT2D eigenvalue weighted by Crippen LogP contribution is 2.28. The van der Waals surface area contributed by atoms with Crippen LogP contribution in [-0.4, -0.2) is 11.2 Å². The van der Waals surface area contributed by atoms with Crippen molar-refractivity contribution >= 4 is 23.0 Å². The van der Waals surface area contributed by atoms with Gasteiger partial charge in [0.15, 0.2) is 5.58 Å². The maximum Gasteiger partial charge on any atom is 0.227 e. The van der Waals surface area contributed by atoms with Crippen LogP contribution in [0.4, 0.5) is 10.1 Å². The lowest BCUT2D eigenvalue weighted by molar-refractivity contribution is 0.617. The molecule has 0 bridgehead atoms. The third-order valence-electron chi connectivity index (χ3n) is 2.98. The van der Waals surface area contributed by atoms with E-state index in [0.717, 1.165) is 5.52 Å². The Morgan fingerprint density at radius 2 is 2.05 bits per heavy atom. The van der Waals surface area contributed by atoms with Gasteiger partial charge < -0.3 is 4.42 Å². The minimum Gasteiger partial charge on any atom is -0.436 e. The van der Waals surface area contributed by atoms with Gasteiger partial charge in [0.25, 0.3) is 0 Å². The highest BCUT2D eigenvalue weighted by molar-refractivity contribution is 5.78. The van der Waals surface area contributed by atoms with Crippen LogP contribution in [0.1, 0.15) is 6.92 Å². The molecular weight excluding hydrogens is 267 g/mol. The third kappa shape index (κ3) is 2.74. The lowest BCUT2D eigenvalue weighted by Gasteiger charge is -1.99. The topological polar surface area (TPSA) is 38.4 Å². The van der Waals surface area contributed by atoms with Crippen LogP contribution >= 0.6 is 0 Å². The van der Waals surface area contributed by atoms with Crippen LogP contribution in [0, 0.1) is 5.82 Å². The Balaban J connectivity index is 2.04. The molecule has 0 unspecified atom stereocenters. The van der Waals surface area contributed by atoms with E-state index in [1.807, 2.05) is 37.3 Å². The fraction of sp³-hybridized carbons (Fsp3) is 0.0588. The van der Waals surface area contributed by atoms with E-state index in [9.17, 15) is 4.39 Å². The third-order valence-corrected chi connectivity index (χ3v) is 2.98. The predicted molar refractivity (Wildman–Crippen MR) is 82.4 cm³/mol. The van der Waals surface area contributed by atoms with Crippen LogP contribution in [0.5, 0.6) is 0 Å². The van der Waals surface area contributed by atoms with E-state index in [1.54, 1.807) is 24.4 Å². The van der Waals surface area contributed by atoms with Crippen molar-refractivity contribution in [3.63, 3.8) is 0 Å². The van der Waals surface area contributed by atoms with Gasteiger partial charge in [-0.15, -0.1) is 0 Å². The minimum absolute atomic E-state index is 0.257. The van der Waals surface area contributed by atoms with E-state index in [0.29, 0.717) is 17.0 Å². The van der Waals surface area contributed by atoms with E-state index < -0.39 is 0 Å². The lowest BCUT2D eigenvalue weighted by atomic mass is 10.2. The summed E-state index contributed by atoms with van der Waals surface area (Å²) in [7, 11) is 0. The summed E-state index contributed by atoms with van der Waals surface area (Å²) in [5.74, 6) is 0.0781. The van der Waals surface area contributed by atoms with Crippen molar-refractivity contribution in [2.45, 2.75) is 6.92 Å². The average Bonchev–Trinajstić information content (AvgIpc) is 2.93. The van der Waals surface area contributed by atoms with Crippen molar-refractivity contribution in [1.82, 2.24) is 4.98 Å². The minimum atomic E-state index is -0.379. The number of hydrogen-bond donors (Lipinski definition) is 0. The van der Waals surface area contributed by atoms with Crippen molar-refractivity contribution < 1.29 is 8.81 Å². The second-order valence-corrected chi connectivity index (χ2v) is 4.46. The SMILES string of the molecule is C/C=C/C=Nc1cc(-c2nc3ccccc3o2)ccc1F. The number of allylic oxidation sites excluding steroid dienone is 2. The van der Waals surface area contributed by atoms with Gasteiger partial charge >= 0.3 is 0 Å². The summed E-state index contributed by atoms with van der Waals surface area (Å²) in [5, 5.41) is 0. The van der Waals surface area contributed by atoms with Gasteiger partial charge in [0.05, 0.1) is 5.69 Å². The monoisotopic (exact) mass is 280 g/mol. The Kier molecular flexibility index (Phi) is 3.60. The quantitative estimate of drug-likeness (QED) is 0.639. The molecule has 0 saturated heterocycles. The zero-order valence-electron chi connectivity index (χ0n) is 11.5. The van der Waals surface area contributed by atoms with E-state index in [-0.39, 0.29) is 11.5 Å². The molecule has 3 rings (SSSR count). The van der Waals surface area contributed by atoms with Crippen LogP contribution in [0.3, 0.4) is 0 Å². The van der Waals surface area contributed by atoms with Gasteiger partial charge in [-0.05, 0) is 43.3 Å². The molecule has 104 valence electrons. The highest BCUT2D eigenvalue weighted by Gasteiger charge is 2.10. The molecule has 0 aliphatic carbocycles. The molecule has 0 atom stereocenters. The number of hydrogen-bond acceptors (Lipinski definition) is 3. The molecule has 2 aromatic carbocycles. The fourth-order valence-electron chi connectivity index (χ4n) is 1.95. The molecule has 0 radical (unpaired) electrons. The summed E-state index contributed by atoms with van der Waals surface area (Å²) in [6.45, 7) is 1.87. The Morgan fingerprint density at radius 1 is 1.19 bits per heavy atom. The maximum atomic E-state index is 13.7. The van der Waals surface area contributed by atoms with E-state index >= 15 is 0 Å². The Morgan fingerprint density at radius 3 is 2.86 bits per heavy atom. The largest absolute Gasteiger partial charge is 0.436 e. The van der Waals surface area contributed by atoms with Crippen LogP contribution in [0.2, 0.25) is 0 Å². The summed E-state index contributed by atoms with van der Waals surface area (Å²) in [5.41, 5.74) is 2.43. The molecule has 0 aliphatic rings. The van der Waals surface area contributed by atoms with Gasteiger partial charge in [-0.25, -0.2) is 9.37 Å². The van der Waals surface area contributed by atoms with Gasteiger partial charge in [-0.1, -0.05) is 18.2 Å². The number of para-hydroxylation sites is 2. The van der Waals surface area contributed by atoms with Crippen molar-refractivity contribution in [1.29, 1.82) is 0 Å². The molecule has 0 N–H and O–H groups in total. The molecule has 3 nitrogen and oxygen atoms in total. The number of oxazole rings is 1. The predicted octanol–water partition coefficient (Wildman–Crippen LogP) is 4.91. The Hall–Kier alpha value is -2.75. The molecular formula is C17H13FN2O. The zero-order chi connectivity index (χ0) is 14.7. The standard InChI is InChI=1S/C17H13FN2O/c1-2-3-10-19-15-11-12(8-9-13(15)18)17-20-14-6-4-5-7-16(14)21-17/h2-11H,1H3/b3-2+,19-10?. The van der Waals surface area contributed by atoms with E-state index in [2.05, 4.69) is 9.98 Å². The first-order chi connectivity index (χ1) is 10.3. The highest BCUT2D eigenvalue weighted by atomic mass is 19.1. The van der Waals surface area contributed by atoms with Gasteiger partial charge in [0.1, 0.15) is 11.3 Å². The normalized spacial score (nSPS) is 11.9. The average molecular weight is 280 g/mol. The molecule has 3 aromatic rings. The molecule has 0 fully saturated rings. The van der Waals surface area contributed by atoms with E-state index in [1.165, 1.54) is 6.07 Å². The Bertz CT molecular complexity index is 801. The molecule has 0 spiro atoms. The molecule has 0 aliphatic heterocycles. The van der Waals surface area contributed by atoms with Crippen LogP contribution < -0.4 is 0 Å². The molecule has 1 heterocycles. The Labute approximate surface area is 121 Å². The molecule has 1 aromatic heterocycles. The van der Waals surface area contributed by atoms with Gasteiger partial charge in [0, 0.05) is 11.8 Å². The number of nitrogens with zero attached hydrogens (tertiary/aromatic N) is 2. The smallest absolute Gasteiger partial charge is 0.227 e. The van der Waals surface area contributed by atoms with Crippen molar-refractivity contribution in [2.24, 2.45) is 4.99 Å². The van der Waals surface area contributed by atoms with E-state index in [4.69, 9.17) is 4.42 Å². The summed E-state index contributed by atoms with van der Waals surface area (Å²) in [4.78, 5) is 8.47. The zero-order valence-corrected chi connectivity index (χ0v) is 11.5. The maximum absolute atomic E-state index is 13.7. The van der Waals surface area contributed by atoms with Crippen LogP contribution in [0.25, 0.3) is 22.6 Å². The number of aromatic nitrogens is 1. The number of rotatable bonds is 3. The summed E-state index contributed by atoms with van der Waals surface area (Å²) in [6.07, 6.45) is 5.12. The molecule has 21 heavy (non-hydrogen) atoms. The second-order valence-electron chi connectivity index (χ2n) is 4.46. The van der Waals surface area contributed by atoms with Crippen molar-refractivity contribution in [2.75, 3.05) is 0 Å². The lowest BCUT2D eigenvalue weighted by Crippen LogP contribution is -1.81. The van der Waals surface area contributed by atoms with Crippen LogP contribution in [0.15, 0.2) is 64.0 Å². The fourth-order valence-corrected chi connectivity index (χ4v) is 1.95. The number of aliphatic imine (C=N–C) groups is 1. The number of halogens is 1. The van der Waals surface area contributed by atoms with Gasteiger partial charge in [-0.3, -0.25) is 4.99 Å². The first kappa shape index (κ1) is 13.2. The number of benzene rings is 2. The molecule has 0 amide bonds. The first-order valence-electron chi connectivity index (χ1n) is 6.59. The second kappa shape index (κ2) is 5.71. The molecule has 4 heteroatoms. The van der Waals surface area contributed by atoms with Crippen molar-refractivity contribution in [3.8, 4) is 11.5 Å². The first-order valence-corrected chi connectivity index (χ1v) is 6.59. The summed E-state index contributed by atoms with van der Waals surface area (Å²) < 4.78 is 19.4. The van der Waals surface area contributed by atoms with Gasteiger partial charge in [-0.2, -0.15) is 0 Å². The number of fused-ring (bicyclic) bond motifs is 1. The summed E-state index contributed by atoms with van der Waals surface area (Å²) >= 11 is 0. The van der Waals surface area contributed by atoms with Crippen molar-refractivity contribution in [3.05, 3.63) is 60.4 Å².